The van der Waals surface area contributed by atoms with Crippen LogP contribution in [0, 0.1) is 5.82 Å². The minimum Gasteiger partial charge on any atom is -0.493 e. The normalized spacial score (nSPS) is 10.3. The zero-order chi connectivity index (χ0) is 15.9. The number of hydrogen-bond acceptors (Lipinski definition) is 2. The van der Waals surface area contributed by atoms with Gasteiger partial charge in [0.05, 0.1) is 13.0 Å². The Morgan fingerprint density at radius 3 is 2.59 bits per heavy atom. The molecule has 1 amide bonds. The zero-order valence-corrected chi connectivity index (χ0v) is 13.8. The number of hydrogen-bond donors (Lipinski definition) is 0. The van der Waals surface area contributed by atoms with Crippen molar-refractivity contribution in [1.29, 1.82) is 0 Å². The van der Waals surface area contributed by atoms with Crippen molar-refractivity contribution in [2.24, 2.45) is 0 Å². The van der Waals surface area contributed by atoms with E-state index in [-0.39, 0.29) is 18.1 Å². The summed E-state index contributed by atoms with van der Waals surface area (Å²) in [5.74, 6) is 0.348. The third-order valence-electron chi connectivity index (χ3n) is 3.14. The highest BCUT2D eigenvalue weighted by molar-refractivity contribution is 9.10. The molecule has 2 aromatic carbocycles. The highest BCUT2D eigenvalue weighted by Crippen LogP contribution is 2.19. The summed E-state index contributed by atoms with van der Waals surface area (Å²) in [7, 11) is 0. The van der Waals surface area contributed by atoms with Gasteiger partial charge in [-0.2, -0.15) is 0 Å². The Hall–Kier alpha value is -1.88. The fraction of sp³-hybridized carbons (Fsp3) is 0.235. The molecule has 5 heteroatoms. The van der Waals surface area contributed by atoms with Gasteiger partial charge in [-0.3, -0.25) is 4.79 Å². The van der Waals surface area contributed by atoms with Crippen molar-refractivity contribution in [2.45, 2.75) is 13.3 Å². The van der Waals surface area contributed by atoms with Crippen molar-refractivity contribution in [1.82, 2.24) is 0 Å². The largest absolute Gasteiger partial charge is 0.493 e. The van der Waals surface area contributed by atoms with Crippen LogP contribution in [0.1, 0.15) is 13.3 Å². The number of halogens is 2. The van der Waals surface area contributed by atoms with E-state index in [1.807, 2.05) is 31.2 Å². The van der Waals surface area contributed by atoms with E-state index < -0.39 is 0 Å². The molecule has 116 valence electrons. The fourth-order valence-electron chi connectivity index (χ4n) is 2.07. The van der Waals surface area contributed by atoms with E-state index in [1.165, 1.54) is 12.1 Å². The first kappa shape index (κ1) is 16.5. The fourth-order valence-corrected chi connectivity index (χ4v) is 2.45. The zero-order valence-electron chi connectivity index (χ0n) is 12.3. The molecule has 0 aliphatic rings. The second-order valence-electron chi connectivity index (χ2n) is 4.67. The number of nitrogens with zero attached hydrogens (tertiary/aromatic N) is 1. The number of anilines is 1. The van der Waals surface area contributed by atoms with Gasteiger partial charge in [0, 0.05) is 16.7 Å². The quantitative estimate of drug-likeness (QED) is 0.758. The van der Waals surface area contributed by atoms with Gasteiger partial charge in [-0.25, -0.2) is 4.39 Å². The molecule has 2 rings (SSSR count). The van der Waals surface area contributed by atoms with Crippen LogP contribution >= 0.6 is 15.9 Å². The summed E-state index contributed by atoms with van der Waals surface area (Å²) in [4.78, 5) is 13.9. The molecule has 0 bridgehead atoms. The topological polar surface area (TPSA) is 29.5 Å². The lowest BCUT2D eigenvalue weighted by Crippen LogP contribution is -2.31. The molecular weight excluding hydrogens is 349 g/mol. The molecule has 0 radical (unpaired) electrons. The Labute approximate surface area is 137 Å². The van der Waals surface area contributed by atoms with Gasteiger partial charge < -0.3 is 9.64 Å². The van der Waals surface area contributed by atoms with Crippen LogP contribution in [0.4, 0.5) is 10.1 Å². The third kappa shape index (κ3) is 4.56. The summed E-state index contributed by atoms with van der Waals surface area (Å²) in [6, 6.07) is 13.4. The van der Waals surface area contributed by atoms with E-state index in [1.54, 1.807) is 17.0 Å². The molecule has 0 saturated heterocycles. The Bertz CT molecular complexity index is 631. The van der Waals surface area contributed by atoms with Crippen LogP contribution in [0.2, 0.25) is 0 Å². The SMILES string of the molecule is CCN(C(=O)CCOc1cccc(Br)c1)c1ccc(F)cc1. The lowest BCUT2D eigenvalue weighted by atomic mass is 10.2. The summed E-state index contributed by atoms with van der Waals surface area (Å²) >= 11 is 3.37. The van der Waals surface area contributed by atoms with Gasteiger partial charge >= 0.3 is 0 Å². The number of rotatable bonds is 6. The van der Waals surface area contributed by atoms with E-state index >= 15 is 0 Å². The molecule has 0 unspecified atom stereocenters. The van der Waals surface area contributed by atoms with Gasteiger partial charge in [-0.1, -0.05) is 22.0 Å². The predicted molar refractivity (Wildman–Crippen MR) is 88.7 cm³/mol. The van der Waals surface area contributed by atoms with E-state index in [4.69, 9.17) is 4.74 Å². The van der Waals surface area contributed by atoms with Crippen molar-refractivity contribution >= 4 is 27.5 Å². The second kappa shape index (κ2) is 7.94. The van der Waals surface area contributed by atoms with Gasteiger partial charge in [0.2, 0.25) is 5.91 Å². The van der Waals surface area contributed by atoms with Crippen molar-refractivity contribution in [3.8, 4) is 5.75 Å². The molecule has 22 heavy (non-hydrogen) atoms. The van der Waals surface area contributed by atoms with Crippen molar-refractivity contribution < 1.29 is 13.9 Å². The lowest BCUT2D eigenvalue weighted by molar-refractivity contribution is -0.119. The van der Waals surface area contributed by atoms with Gasteiger partial charge in [0.15, 0.2) is 0 Å². The number of carbonyl (C=O) groups is 1. The first-order valence-electron chi connectivity index (χ1n) is 7.04. The smallest absolute Gasteiger partial charge is 0.230 e. The maximum Gasteiger partial charge on any atom is 0.230 e. The van der Waals surface area contributed by atoms with Crippen LogP contribution in [0.15, 0.2) is 53.0 Å². The van der Waals surface area contributed by atoms with Gasteiger partial charge in [-0.15, -0.1) is 0 Å². The van der Waals surface area contributed by atoms with Crippen LogP contribution in [-0.4, -0.2) is 19.1 Å². The molecule has 0 heterocycles. The van der Waals surface area contributed by atoms with Crippen molar-refractivity contribution in [3.63, 3.8) is 0 Å². The molecular formula is C17H17BrFNO2. The Kier molecular flexibility index (Phi) is 5.95. The number of carbonyl (C=O) groups excluding carboxylic acids is 1. The van der Waals surface area contributed by atoms with E-state index in [0.717, 1.165) is 4.47 Å². The number of amides is 1. The summed E-state index contributed by atoms with van der Waals surface area (Å²) in [5.41, 5.74) is 0.691. The average molecular weight is 366 g/mol. The van der Waals surface area contributed by atoms with Gasteiger partial charge in [0.1, 0.15) is 11.6 Å². The van der Waals surface area contributed by atoms with Gasteiger partial charge in [0.25, 0.3) is 0 Å². The molecule has 0 saturated carbocycles. The highest BCUT2D eigenvalue weighted by atomic mass is 79.9. The first-order chi connectivity index (χ1) is 10.6. The highest BCUT2D eigenvalue weighted by Gasteiger charge is 2.13. The van der Waals surface area contributed by atoms with Crippen molar-refractivity contribution in [2.75, 3.05) is 18.1 Å². The molecule has 0 aromatic heterocycles. The molecule has 0 fully saturated rings. The maximum atomic E-state index is 13.0. The molecule has 0 aliphatic heterocycles. The van der Waals surface area contributed by atoms with Crippen molar-refractivity contribution in [3.05, 3.63) is 58.8 Å². The standard InChI is InChI=1S/C17H17BrFNO2/c1-2-20(15-8-6-14(19)7-9-15)17(21)10-11-22-16-5-3-4-13(18)12-16/h3-9,12H,2,10-11H2,1H3. The van der Waals surface area contributed by atoms with Crippen LogP contribution in [0.25, 0.3) is 0 Å². The van der Waals surface area contributed by atoms with Crippen LogP contribution in [0.5, 0.6) is 5.75 Å². The lowest BCUT2D eigenvalue weighted by Gasteiger charge is -2.21. The summed E-state index contributed by atoms with van der Waals surface area (Å²) in [6.07, 6.45) is 0.262. The predicted octanol–water partition coefficient (Wildman–Crippen LogP) is 4.41. The average Bonchev–Trinajstić information content (AvgIpc) is 2.50. The molecule has 3 nitrogen and oxygen atoms in total. The monoisotopic (exact) mass is 365 g/mol. The molecule has 0 atom stereocenters. The Morgan fingerprint density at radius 1 is 1.23 bits per heavy atom. The van der Waals surface area contributed by atoms with Gasteiger partial charge in [-0.05, 0) is 49.4 Å². The second-order valence-corrected chi connectivity index (χ2v) is 5.59. The molecule has 2 aromatic rings. The Morgan fingerprint density at radius 2 is 1.95 bits per heavy atom. The first-order valence-corrected chi connectivity index (χ1v) is 7.83. The Balaban J connectivity index is 1.91. The van der Waals surface area contributed by atoms with E-state index in [0.29, 0.717) is 24.6 Å². The molecule has 0 spiro atoms. The molecule has 0 aliphatic carbocycles. The number of ether oxygens (including phenoxy) is 1. The summed E-state index contributed by atoms with van der Waals surface area (Å²) in [5, 5.41) is 0. The van der Waals surface area contributed by atoms with E-state index in [9.17, 15) is 9.18 Å². The van der Waals surface area contributed by atoms with E-state index in [2.05, 4.69) is 15.9 Å². The van der Waals surface area contributed by atoms with Crippen LogP contribution < -0.4 is 9.64 Å². The van der Waals surface area contributed by atoms with Crippen LogP contribution in [-0.2, 0) is 4.79 Å². The third-order valence-corrected chi connectivity index (χ3v) is 3.63. The maximum absolute atomic E-state index is 13.0. The summed E-state index contributed by atoms with van der Waals surface area (Å²) < 4.78 is 19.4. The number of benzene rings is 2. The minimum absolute atomic E-state index is 0.0518. The summed E-state index contributed by atoms with van der Waals surface area (Å²) in [6.45, 7) is 2.71. The molecule has 0 N–H and O–H groups in total. The minimum atomic E-state index is -0.315. The van der Waals surface area contributed by atoms with Crippen LogP contribution in [0.3, 0.4) is 0 Å².